The number of hydrogen-bond acceptors (Lipinski definition) is 9. The van der Waals surface area contributed by atoms with Gasteiger partial charge in [-0.3, -0.25) is 4.79 Å². The molecular weight excluding hydrogens is 404 g/mol. The molecule has 4 rings (SSSR count). The van der Waals surface area contributed by atoms with E-state index in [0.29, 0.717) is 28.6 Å². The van der Waals surface area contributed by atoms with E-state index in [0.717, 1.165) is 11.4 Å². The molecule has 0 spiro atoms. The minimum Gasteiger partial charge on any atom is -0.493 e. The number of nitrogens with zero attached hydrogens (tertiary/aromatic N) is 6. The predicted molar refractivity (Wildman–Crippen MR) is 109 cm³/mol. The number of fused-ring (bicyclic) bond motifs is 1. The van der Waals surface area contributed by atoms with Crippen LogP contribution in [-0.2, 0) is 9.53 Å². The molecule has 2 aromatic heterocycles. The minimum atomic E-state index is -0.937. The van der Waals surface area contributed by atoms with Gasteiger partial charge in [-0.15, -0.1) is 10.2 Å². The fraction of sp³-hybridized carbons (Fsp3) is 0.350. The van der Waals surface area contributed by atoms with Gasteiger partial charge in [-0.2, -0.15) is 9.99 Å². The van der Waals surface area contributed by atoms with Crippen LogP contribution >= 0.6 is 0 Å². The Morgan fingerprint density at radius 1 is 1.03 bits per heavy atom. The van der Waals surface area contributed by atoms with E-state index in [1.165, 1.54) is 33.3 Å². The molecule has 1 aliphatic heterocycles. The van der Waals surface area contributed by atoms with Crippen molar-refractivity contribution in [1.82, 2.24) is 24.6 Å². The van der Waals surface area contributed by atoms with Crippen LogP contribution in [0.5, 0.6) is 17.2 Å². The zero-order valence-corrected chi connectivity index (χ0v) is 18.0. The third-order valence-corrected chi connectivity index (χ3v) is 4.73. The molecule has 0 N–H and O–H groups in total. The quantitative estimate of drug-likeness (QED) is 0.609. The van der Waals surface area contributed by atoms with E-state index in [1.54, 1.807) is 16.6 Å². The Morgan fingerprint density at radius 3 is 2.29 bits per heavy atom. The normalized spacial score (nSPS) is 15.6. The monoisotopic (exact) mass is 426 g/mol. The SMILES string of the molecule is COc1cc(C2=NN(C(C)=O)C(c3nc4nc(C)cc(C)n4n3)O2)cc(OC)c1OC. The van der Waals surface area contributed by atoms with Gasteiger partial charge in [-0.25, -0.2) is 9.50 Å². The molecule has 1 aromatic carbocycles. The third-order valence-electron chi connectivity index (χ3n) is 4.73. The molecule has 1 aliphatic rings. The molecule has 11 heteroatoms. The van der Waals surface area contributed by atoms with E-state index in [2.05, 4.69) is 20.2 Å². The van der Waals surface area contributed by atoms with Crippen LogP contribution in [0.25, 0.3) is 5.78 Å². The molecule has 3 aromatic rings. The number of benzene rings is 1. The number of amides is 1. The van der Waals surface area contributed by atoms with E-state index in [4.69, 9.17) is 18.9 Å². The Morgan fingerprint density at radius 2 is 1.71 bits per heavy atom. The fourth-order valence-electron chi connectivity index (χ4n) is 3.34. The fourth-order valence-corrected chi connectivity index (χ4v) is 3.34. The highest BCUT2D eigenvalue weighted by molar-refractivity contribution is 5.97. The van der Waals surface area contributed by atoms with Crippen molar-refractivity contribution in [1.29, 1.82) is 0 Å². The molecule has 0 fully saturated rings. The lowest BCUT2D eigenvalue weighted by molar-refractivity contribution is -0.135. The average molecular weight is 426 g/mol. The Balaban J connectivity index is 1.76. The first-order chi connectivity index (χ1) is 14.9. The van der Waals surface area contributed by atoms with Gasteiger partial charge in [0, 0.05) is 23.9 Å². The maximum atomic E-state index is 12.3. The molecule has 0 saturated heterocycles. The summed E-state index contributed by atoms with van der Waals surface area (Å²) < 4.78 is 23.8. The summed E-state index contributed by atoms with van der Waals surface area (Å²) in [6.45, 7) is 5.17. The number of carbonyl (C=O) groups is 1. The Labute approximate surface area is 178 Å². The largest absolute Gasteiger partial charge is 0.493 e. The lowest BCUT2D eigenvalue weighted by Gasteiger charge is -2.16. The van der Waals surface area contributed by atoms with E-state index in [1.807, 2.05) is 19.9 Å². The van der Waals surface area contributed by atoms with Crippen molar-refractivity contribution in [2.75, 3.05) is 21.3 Å². The third kappa shape index (κ3) is 3.47. The molecule has 3 heterocycles. The zero-order chi connectivity index (χ0) is 22.3. The smallest absolute Gasteiger partial charge is 0.258 e. The summed E-state index contributed by atoms with van der Waals surface area (Å²) >= 11 is 0. The first-order valence-electron chi connectivity index (χ1n) is 9.42. The van der Waals surface area contributed by atoms with Crippen LogP contribution < -0.4 is 14.2 Å². The summed E-state index contributed by atoms with van der Waals surface area (Å²) in [7, 11) is 4.55. The van der Waals surface area contributed by atoms with Crippen molar-refractivity contribution >= 4 is 17.6 Å². The van der Waals surface area contributed by atoms with Gasteiger partial charge in [0.25, 0.3) is 12.0 Å². The number of carbonyl (C=O) groups excluding carboxylic acids is 1. The number of aromatic nitrogens is 4. The van der Waals surface area contributed by atoms with Crippen LogP contribution in [0.4, 0.5) is 0 Å². The van der Waals surface area contributed by atoms with Crippen LogP contribution in [-0.4, -0.2) is 57.7 Å². The van der Waals surface area contributed by atoms with Crippen LogP contribution in [0.3, 0.4) is 0 Å². The molecule has 1 atom stereocenters. The molecule has 0 radical (unpaired) electrons. The van der Waals surface area contributed by atoms with Gasteiger partial charge in [-0.1, -0.05) is 0 Å². The summed E-state index contributed by atoms with van der Waals surface area (Å²) in [5.74, 6) is 1.85. The lowest BCUT2D eigenvalue weighted by Crippen LogP contribution is -2.26. The molecule has 1 amide bonds. The molecule has 0 aliphatic carbocycles. The molecule has 11 nitrogen and oxygen atoms in total. The van der Waals surface area contributed by atoms with Crippen LogP contribution in [0.2, 0.25) is 0 Å². The maximum Gasteiger partial charge on any atom is 0.258 e. The van der Waals surface area contributed by atoms with Crippen LogP contribution in [0.15, 0.2) is 23.3 Å². The number of aryl methyl sites for hydroxylation is 2. The van der Waals surface area contributed by atoms with Gasteiger partial charge >= 0.3 is 0 Å². The van der Waals surface area contributed by atoms with Crippen molar-refractivity contribution < 1.29 is 23.7 Å². The topological polar surface area (TPSA) is 113 Å². The molecular formula is C20H22N6O5. The van der Waals surface area contributed by atoms with E-state index < -0.39 is 6.23 Å². The summed E-state index contributed by atoms with van der Waals surface area (Å²) in [6, 6.07) is 5.27. The van der Waals surface area contributed by atoms with E-state index in [-0.39, 0.29) is 17.6 Å². The average Bonchev–Trinajstić information content (AvgIpc) is 3.37. The second kappa shape index (κ2) is 7.74. The minimum absolute atomic E-state index is 0.194. The molecule has 31 heavy (non-hydrogen) atoms. The molecule has 0 saturated carbocycles. The standard InChI is InChI=1S/C20H22N6O5/c1-10-7-11(2)25-20(21-10)22-17(23-25)19-26(12(3)27)24-18(31-19)13-8-14(28-4)16(30-6)15(9-13)29-5/h7-9,19H,1-6H3. The van der Waals surface area contributed by atoms with E-state index in [9.17, 15) is 4.79 Å². The second-order valence-corrected chi connectivity index (χ2v) is 6.87. The van der Waals surface area contributed by atoms with Gasteiger partial charge in [-0.05, 0) is 32.0 Å². The second-order valence-electron chi connectivity index (χ2n) is 6.87. The Hall–Kier alpha value is -3.89. The first kappa shape index (κ1) is 20.4. The number of ether oxygens (including phenoxy) is 4. The number of hydrazone groups is 1. The summed E-state index contributed by atoms with van der Waals surface area (Å²) in [5.41, 5.74) is 2.21. The van der Waals surface area contributed by atoms with Crippen molar-refractivity contribution in [3.05, 3.63) is 41.0 Å². The van der Waals surface area contributed by atoms with Crippen molar-refractivity contribution in [2.24, 2.45) is 5.10 Å². The first-order valence-corrected chi connectivity index (χ1v) is 9.42. The Kier molecular flexibility index (Phi) is 5.09. The highest BCUT2D eigenvalue weighted by Crippen LogP contribution is 2.40. The molecule has 162 valence electrons. The van der Waals surface area contributed by atoms with Crippen LogP contribution in [0.1, 0.15) is 35.9 Å². The van der Waals surface area contributed by atoms with Crippen LogP contribution in [0, 0.1) is 13.8 Å². The van der Waals surface area contributed by atoms with Crippen molar-refractivity contribution in [3.63, 3.8) is 0 Å². The zero-order valence-electron chi connectivity index (χ0n) is 18.0. The lowest BCUT2D eigenvalue weighted by atomic mass is 10.2. The summed E-state index contributed by atoms with van der Waals surface area (Å²) in [4.78, 5) is 21.1. The summed E-state index contributed by atoms with van der Waals surface area (Å²) in [6.07, 6.45) is -0.937. The van der Waals surface area contributed by atoms with Crippen molar-refractivity contribution in [2.45, 2.75) is 27.0 Å². The molecule has 1 unspecified atom stereocenters. The highest BCUT2D eigenvalue weighted by atomic mass is 16.5. The van der Waals surface area contributed by atoms with Gasteiger partial charge in [0.2, 0.25) is 23.4 Å². The number of methoxy groups -OCH3 is 3. The number of rotatable bonds is 5. The van der Waals surface area contributed by atoms with Gasteiger partial charge in [0.1, 0.15) is 0 Å². The Bertz CT molecular complexity index is 1180. The van der Waals surface area contributed by atoms with E-state index >= 15 is 0 Å². The maximum absolute atomic E-state index is 12.3. The molecule has 0 bridgehead atoms. The summed E-state index contributed by atoms with van der Waals surface area (Å²) in [5, 5.41) is 10.0. The number of hydrogen-bond donors (Lipinski definition) is 0. The van der Waals surface area contributed by atoms with Gasteiger partial charge in [0.05, 0.1) is 21.3 Å². The van der Waals surface area contributed by atoms with Gasteiger partial charge in [0.15, 0.2) is 11.5 Å². The predicted octanol–water partition coefficient (Wildman–Crippen LogP) is 2.01. The van der Waals surface area contributed by atoms with Gasteiger partial charge < -0.3 is 18.9 Å². The highest BCUT2D eigenvalue weighted by Gasteiger charge is 2.37. The van der Waals surface area contributed by atoms with Crippen molar-refractivity contribution in [3.8, 4) is 17.2 Å².